The number of esters is 1. The maximum atomic E-state index is 13.2. The molecule has 2 saturated carbocycles. The smallest absolute Gasteiger partial charge is 0.430 e. The normalized spacial score (nSPS) is 32.6. The van der Waals surface area contributed by atoms with Crippen LogP contribution in [0.25, 0.3) is 0 Å². The first-order valence-corrected chi connectivity index (χ1v) is 7.96. The molecule has 0 aromatic carbocycles. The van der Waals surface area contributed by atoms with Gasteiger partial charge in [0.25, 0.3) is 0 Å². The number of hydrogen-bond acceptors (Lipinski definition) is 3. The van der Waals surface area contributed by atoms with Crippen molar-refractivity contribution in [1.29, 1.82) is 0 Å². The van der Waals surface area contributed by atoms with Gasteiger partial charge in [0, 0.05) is 11.5 Å². The number of carbonyl (C=O) groups excluding carboxylic acids is 1. The van der Waals surface area contributed by atoms with Crippen LogP contribution in [-0.4, -0.2) is 27.0 Å². The highest BCUT2D eigenvalue weighted by Gasteiger charge is 2.63. The van der Waals surface area contributed by atoms with Crippen LogP contribution in [0.1, 0.15) is 32.6 Å². The summed E-state index contributed by atoms with van der Waals surface area (Å²) in [5.41, 5.74) is 0.0255. The third-order valence-corrected chi connectivity index (χ3v) is 5.76. The van der Waals surface area contributed by atoms with Crippen LogP contribution in [0.15, 0.2) is 12.2 Å². The fraction of sp³-hybridized carbons (Fsp3) is 0.786. The summed E-state index contributed by atoms with van der Waals surface area (Å²) in [5, 5.41) is 9.98. The van der Waals surface area contributed by atoms with E-state index in [9.17, 15) is 23.1 Å². The minimum atomic E-state index is -4.87. The van der Waals surface area contributed by atoms with E-state index >= 15 is 0 Å². The summed E-state index contributed by atoms with van der Waals surface area (Å²) in [4.78, 5) is 11.7. The van der Waals surface area contributed by atoms with E-state index in [1.807, 2.05) is 0 Å². The Labute approximate surface area is 135 Å². The standard InChI is InChI=1S/C14H18F3IO3/c1-7(2)12(19)21-11(13(18,20)14(15,16)17)10-6-8-3-4-9(10)5-8/h8-11,20H,1,3-6H2,2H3. The predicted octanol–water partition coefficient (Wildman–Crippen LogP) is 3.60. The number of alkyl halides is 4. The molecule has 0 aromatic rings. The van der Waals surface area contributed by atoms with Gasteiger partial charge >= 0.3 is 12.1 Å². The summed E-state index contributed by atoms with van der Waals surface area (Å²) in [7, 11) is 0. The van der Waals surface area contributed by atoms with Gasteiger partial charge in [-0.25, -0.2) is 4.79 Å². The molecule has 2 bridgehead atoms. The third kappa shape index (κ3) is 3.23. The molecular formula is C14H18F3IO3. The largest absolute Gasteiger partial charge is 0.454 e. The van der Waals surface area contributed by atoms with Gasteiger partial charge in [-0.1, -0.05) is 13.0 Å². The second kappa shape index (κ2) is 5.72. The zero-order valence-electron chi connectivity index (χ0n) is 11.6. The fourth-order valence-electron chi connectivity index (χ4n) is 3.49. The van der Waals surface area contributed by atoms with E-state index in [-0.39, 0.29) is 11.5 Å². The monoisotopic (exact) mass is 418 g/mol. The summed E-state index contributed by atoms with van der Waals surface area (Å²) >= 11 is 0.956. The highest BCUT2D eigenvalue weighted by Crippen LogP contribution is 2.54. The molecule has 2 rings (SSSR count). The molecule has 2 aliphatic rings. The van der Waals surface area contributed by atoms with Crippen molar-refractivity contribution in [2.24, 2.45) is 17.8 Å². The molecule has 0 amide bonds. The van der Waals surface area contributed by atoms with Crippen LogP contribution in [0.4, 0.5) is 13.2 Å². The second-order valence-electron chi connectivity index (χ2n) is 6.12. The minimum absolute atomic E-state index is 0.0255. The van der Waals surface area contributed by atoms with Gasteiger partial charge in [0.05, 0.1) is 0 Å². The van der Waals surface area contributed by atoms with Gasteiger partial charge in [0.15, 0.2) is 6.10 Å². The van der Waals surface area contributed by atoms with E-state index in [0.717, 1.165) is 41.9 Å². The lowest BCUT2D eigenvalue weighted by Gasteiger charge is -2.38. The lowest BCUT2D eigenvalue weighted by molar-refractivity contribution is -0.252. The molecule has 7 heteroatoms. The Morgan fingerprint density at radius 3 is 2.38 bits per heavy atom. The average Bonchev–Trinajstić information content (AvgIpc) is 2.95. The molecule has 0 spiro atoms. The number of rotatable bonds is 4. The molecule has 3 nitrogen and oxygen atoms in total. The van der Waals surface area contributed by atoms with Crippen LogP contribution < -0.4 is 0 Å². The van der Waals surface area contributed by atoms with Crippen molar-refractivity contribution in [3.8, 4) is 0 Å². The summed E-state index contributed by atoms with van der Waals surface area (Å²) in [5.74, 6) is -0.870. The fourth-order valence-corrected chi connectivity index (χ4v) is 4.08. The van der Waals surface area contributed by atoms with Crippen molar-refractivity contribution in [1.82, 2.24) is 0 Å². The van der Waals surface area contributed by atoms with Gasteiger partial charge in [-0.2, -0.15) is 13.2 Å². The summed E-state index contributed by atoms with van der Waals surface area (Å²) in [6.07, 6.45) is -3.18. The topological polar surface area (TPSA) is 46.5 Å². The molecule has 5 atom stereocenters. The number of ether oxygens (including phenoxy) is 1. The lowest BCUT2D eigenvalue weighted by atomic mass is 9.82. The Bertz CT molecular complexity index is 447. The maximum Gasteiger partial charge on any atom is 0.430 e. The Kier molecular flexibility index (Phi) is 4.64. The van der Waals surface area contributed by atoms with Crippen LogP contribution in [-0.2, 0) is 9.53 Å². The molecule has 2 fully saturated rings. The highest BCUT2D eigenvalue weighted by molar-refractivity contribution is 14.1. The van der Waals surface area contributed by atoms with Crippen LogP contribution in [0.2, 0.25) is 0 Å². The predicted molar refractivity (Wildman–Crippen MR) is 78.7 cm³/mol. The molecule has 1 N–H and O–H groups in total. The van der Waals surface area contributed by atoms with E-state index in [2.05, 4.69) is 6.58 Å². The summed E-state index contributed by atoms with van der Waals surface area (Å²) in [6, 6.07) is 0. The van der Waals surface area contributed by atoms with Crippen molar-refractivity contribution in [2.75, 3.05) is 0 Å². The van der Waals surface area contributed by atoms with Crippen molar-refractivity contribution in [3.05, 3.63) is 12.2 Å². The molecule has 0 radical (unpaired) electrons. The molecular weight excluding hydrogens is 400 g/mol. The zero-order chi connectivity index (χ0) is 16.0. The van der Waals surface area contributed by atoms with Crippen molar-refractivity contribution in [3.63, 3.8) is 0 Å². The third-order valence-electron chi connectivity index (χ3n) is 4.54. The molecule has 2 aliphatic carbocycles. The van der Waals surface area contributed by atoms with E-state index in [0.29, 0.717) is 12.3 Å². The second-order valence-corrected chi connectivity index (χ2v) is 7.76. The number of hydrogen-bond donors (Lipinski definition) is 1. The summed E-state index contributed by atoms with van der Waals surface area (Å²) < 4.78 is 41.4. The van der Waals surface area contributed by atoms with Gasteiger partial charge in [0.1, 0.15) is 0 Å². The first-order chi connectivity index (χ1) is 9.54. The van der Waals surface area contributed by atoms with Crippen molar-refractivity contribution < 1.29 is 27.8 Å². The molecule has 0 aliphatic heterocycles. The molecule has 0 aromatic heterocycles. The Morgan fingerprint density at radius 1 is 1.38 bits per heavy atom. The van der Waals surface area contributed by atoms with Crippen LogP contribution >= 0.6 is 22.6 Å². The van der Waals surface area contributed by atoms with Gasteiger partial charge in [-0.15, -0.1) is 0 Å². The Balaban J connectivity index is 2.26. The van der Waals surface area contributed by atoms with Crippen LogP contribution in [0.3, 0.4) is 0 Å². The van der Waals surface area contributed by atoms with Gasteiger partial charge in [-0.3, -0.25) is 0 Å². The van der Waals surface area contributed by atoms with Crippen molar-refractivity contribution in [2.45, 2.75) is 48.5 Å². The van der Waals surface area contributed by atoms with E-state index < -0.39 is 27.8 Å². The molecule has 0 heterocycles. The average molecular weight is 418 g/mol. The van der Waals surface area contributed by atoms with Gasteiger partial charge in [-0.05, 0) is 60.6 Å². The lowest BCUT2D eigenvalue weighted by Crippen LogP contribution is -2.55. The van der Waals surface area contributed by atoms with E-state index in [1.165, 1.54) is 6.92 Å². The van der Waals surface area contributed by atoms with Gasteiger partial charge < -0.3 is 9.84 Å². The van der Waals surface area contributed by atoms with E-state index in [4.69, 9.17) is 4.74 Å². The Hall–Kier alpha value is -0.310. The summed E-state index contributed by atoms with van der Waals surface area (Å²) in [6.45, 7) is 4.76. The van der Waals surface area contributed by atoms with Crippen LogP contribution in [0, 0.1) is 17.8 Å². The van der Waals surface area contributed by atoms with E-state index in [1.54, 1.807) is 0 Å². The zero-order valence-corrected chi connectivity index (χ0v) is 13.8. The number of aliphatic hydroxyl groups is 1. The Morgan fingerprint density at radius 2 is 2.00 bits per heavy atom. The first-order valence-electron chi connectivity index (χ1n) is 6.88. The molecule has 5 unspecified atom stereocenters. The molecule has 120 valence electrons. The molecule has 21 heavy (non-hydrogen) atoms. The van der Waals surface area contributed by atoms with Gasteiger partial charge in [0.2, 0.25) is 3.61 Å². The number of carbonyl (C=O) groups is 1. The quantitative estimate of drug-likeness (QED) is 0.329. The number of fused-ring (bicyclic) bond motifs is 2. The maximum absolute atomic E-state index is 13.2. The highest BCUT2D eigenvalue weighted by atomic mass is 127. The number of halogens is 4. The molecule has 0 saturated heterocycles. The minimum Gasteiger partial charge on any atom is -0.454 e. The SMILES string of the molecule is C=C(C)C(=O)OC(C1CC2CCC1C2)C(O)(I)C(F)(F)F. The van der Waals surface area contributed by atoms with Crippen LogP contribution in [0.5, 0.6) is 0 Å². The van der Waals surface area contributed by atoms with Crippen molar-refractivity contribution >= 4 is 28.6 Å². The first kappa shape index (κ1) is 17.1.